The lowest BCUT2D eigenvalue weighted by Crippen LogP contribution is -2.26. The van der Waals surface area contributed by atoms with Crippen molar-refractivity contribution in [1.29, 1.82) is 0 Å². The Labute approximate surface area is 90.9 Å². The molecule has 0 aromatic heterocycles. The molecule has 0 bridgehead atoms. The number of aliphatic hydroxyl groups excluding tert-OH is 1. The van der Waals surface area contributed by atoms with Gasteiger partial charge in [-0.25, -0.2) is 0 Å². The molecule has 2 heteroatoms. The second-order valence-electron chi connectivity index (χ2n) is 4.17. The lowest BCUT2D eigenvalue weighted by atomic mass is 9.88. The molecule has 1 saturated heterocycles. The van der Waals surface area contributed by atoms with Crippen molar-refractivity contribution in [2.45, 2.75) is 37.9 Å². The summed E-state index contributed by atoms with van der Waals surface area (Å²) < 4.78 is 5.98. The monoisotopic (exact) mass is 206 g/mol. The van der Waals surface area contributed by atoms with Gasteiger partial charge >= 0.3 is 0 Å². The third-order valence-electron chi connectivity index (χ3n) is 3.34. The van der Waals surface area contributed by atoms with E-state index in [1.165, 1.54) is 5.56 Å². The van der Waals surface area contributed by atoms with Gasteiger partial charge in [0, 0.05) is 0 Å². The Hall–Kier alpha value is -0.860. The van der Waals surface area contributed by atoms with Crippen LogP contribution in [0.5, 0.6) is 0 Å². The summed E-state index contributed by atoms with van der Waals surface area (Å²) in [6, 6.07) is 10.3. The van der Waals surface area contributed by atoms with Crippen LogP contribution >= 0.6 is 0 Å². The highest BCUT2D eigenvalue weighted by molar-refractivity contribution is 5.23. The molecule has 0 spiro atoms. The van der Waals surface area contributed by atoms with Gasteiger partial charge in [-0.05, 0) is 24.8 Å². The van der Waals surface area contributed by atoms with Gasteiger partial charge < -0.3 is 9.84 Å². The SMILES string of the molecule is CC[C@]1(c2ccccc2)CC[C@H](CO)O1. The maximum atomic E-state index is 9.12. The maximum absolute atomic E-state index is 9.12. The van der Waals surface area contributed by atoms with Gasteiger partial charge in [0.25, 0.3) is 0 Å². The number of aliphatic hydroxyl groups is 1. The molecular formula is C13H18O2. The summed E-state index contributed by atoms with van der Waals surface area (Å²) in [4.78, 5) is 0. The predicted molar refractivity (Wildman–Crippen MR) is 59.6 cm³/mol. The molecule has 0 amide bonds. The summed E-state index contributed by atoms with van der Waals surface area (Å²) >= 11 is 0. The van der Waals surface area contributed by atoms with E-state index in [4.69, 9.17) is 9.84 Å². The standard InChI is InChI=1S/C13H18O2/c1-2-13(9-8-12(10-14)15-13)11-6-4-3-5-7-11/h3-7,12,14H,2,8-10H2,1H3/t12-,13-/m1/s1. The molecule has 82 valence electrons. The first-order valence-electron chi connectivity index (χ1n) is 5.65. The van der Waals surface area contributed by atoms with Gasteiger partial charge in [0.2, 0.25) is 0 Å². The number of rotatable bonds is 3. The highest BCUT2D eigenvalue weighted by Gasteiger charge is 2.39. The first kappa shape index (κ1) is 10.7. The molecule has 1 aromatic rings. The van der Waals surface area contributed by atoms with Gasteiger partial charge in [-0.2, -0.15) is 0 Å². The van der Waals surface area contributed by atoms with E-state index in [1.807, 2.05) is 18.2 Å². The van der Waals surface area contributed by atoms with Gasteiger partial charge in [0.15, 0.2) is 0 Å². The van der Waals surface area contributed by atoms with Crippen molar-refractivity contribution >= 4 is 0 Å². The van der Waals surface area contributed by atoms with Crippen molar-refractivity contribution in [3.05, 3.63) is 35.9 Å². The molecule has 15 heavy (non-hydrogen) atoms. The van der Waals surface area contributed by atoms with Crippen LogP contribution in [0.1, 0.15) is 31.7 Å². The van der Waals surface area contributed by atoms with Crippen molar-refractivity contribution in [2.75, 3.05) is 6.61 Å². The Balaban J connectivity index is 2.24. The van der Waals surface area contributed by atoms with Crippen molar-refractivity contribution in [3.8, 4) is 0 Å². The van der Waals surface area contributed by atoms with Gasteiger partial charge in [-0.3, -0.25) is 0 Å². The zero-order chi connectivity index (χ0) is 10.7. The molecule has 0 radical (unpaired) electrons. The molecule has 1 fully saturated rings. The molecule has 0 aliphatic carbocycles. The lowest BCUT2D eigenvalue weighted by molar-refractivity contribution is -0.0656. The van der Waals surface area contributed by atoms with E-state index in [2.05, 4.69) is 19.1 Å². The van der Waals surface area contributed by atoms with E-state index >= 15 is 0 Å². The fourth-order valence-corrected chi connectivity index (χ4v) is 2.38. The molecule has 2 nitrogen and oxygen atoms in total. The zero-order valence-corrected chi connectivity index (χ0v) is 9.15. The van der Waals surface area contributed by atoms with Gasteiger partial charge in [-0.1, -0.05) is 37.3 Å². The Kier molecular flexibility index (Phi) is 3.08. The first-order valence-corrected chi connectivity index (χ1v) is 5.65. The second-order valence-corrected chi connectivity index (χ2v) is 4.17. The van der Waals surface area contributed by atoms with Crippen molar-refractivity contribution in [3.63, 3.8) is 0 Å². The van der Waals surface area contributed by atoms with Crippen LogP contribution in [0, 0.1) is 0 Å². The van der Waals surface area contributed by atoms with E-state index < -0.39 is 0 Å². The summed E-state index contributed by atoms with van der Waals surface area (Å²) in [5.74, 6) is 0. The zero-order valence-electron chi connectivity index (χ0n) is 9.15. The summed E-state index contributed by atoms with van der Waals surface area (Å²) in [6.45, 7) is 2.28. The van der Waals surface area contributed by atoms with E-state index in [1.54, 1.807) is 0 Å². The Morgan fingerprint density at radius 3 is 2.67 bits per heavy atom. The van der Waals surface area contributed by atoms with Crippen LogP contribution in [0.4, 0.5) is 0 Å². The average molecular weight is 206 g/mol. The number of benzene rings is 1. The first-order chi connectivity index (χ1) is 7.30. The van der Waals surface area contributed by atoms with Crippen molar-refractivity contribution < 1.29 is 9.84 Å². The van der Waals surface area contributed by atoms with Gasteiger partial charge in [-0.15, -0.1) is 0 Å². The minimum absolute atomic E-state index is 0.0187. The van der Waals surface area contributed by atoms with E-state index in [0.717, 1.165) is 19.3 Å². The number of ether oxygens (including phenoxy) is 1. The Morgan fingerprint density at radius 1 is 1.40 bits per heavy atom. The Morgan fingerprint density at radius 2 is 2.13 bits per heavy atom. The predicted octanol–water partition coefficient (Wildman–Crippen LogP) is 2.46. The van der Waals surface area contributed by atoms with E-state index in [9.17, 15) is 0 Å². The maximum Gasteiger partial charge on any atom is 0.0934 e. The normalized spacial score (nSPS) is 30.7. The molecule has 1 aliphatic rings. The number of hydrogen-bond donors (Lipinski definition) is 1. The largest absolute Gasteiger partial charge is 0.394 e. The summed E-state index contributed by atoms with van der Waals surface area (Å²) in [5, 5.41) is 9.12. The fourth-order valence-electron chi connectivity index (χ4n) is 2.38. The van der Waals surface area contributed by atoms with Crippen LogP contribution in [-0.4, -0.2) is 17.8 Å². The second kappa shape index (κ2) is 4.33. The van der Waals surface area contributed by atoms with Crippen molar-refractivity contribution in [2.24, 2.45) is 0 Å². The van der Waals surface area contributed by atoms with Gasteiger partial charge in [0.1, 0.15) is 0 Å². The van der Waals surface area contributed by atoms with Gasteiger partial charge in [0.05, 0.1) is 18.3 Å². The quantitative estimate of drug-likeness (QED) is 0.823. The topological polar surface area (TPSA) is 29.5 Å². The number of hydrogen-bond acceptors (Lipinski definition) is 2. The minimum atomic E-state index is -0.158. The summed E-state index contributed by atoms with van der Waals surface area (Å²) in [6.07, 6.45) is 2.95. The molecule has 1 aliphatic heterocycles. The highest BCUT2D eigenvalue weighted by Crippen LogP contribution is 2.41. The summed E-state index contributed by atoms with van der Waals surface area (Å²) in [7, 11) is 0. The molecular weight excluding hydrogens is 188 g/mol. The fraction of sp³-hybridized carbons (Fsp3) is 0.538. The third kappa shape index (κ3) is 1.92. The Bertz CT molecular complexity index is 310. The van der Waals surface area contributed by atoms with E-state index in [0.29, 0.717) is 0 Å². The molecule has 1 heterocycles. The molecule has 0 saturated carbocycles. The third-order valence-corrected chi connectivity index (χ3v) is 3.34. The molecule has 2 rings (SSSR count). The van der Waals surface area contributed by atoms with Crippen LogP contribution < -0.4 is 0 Å². The van der Waals surface area contributed by atoms with E-state index in [-0.39, 0.29) is 18.3 Å². The average Bonchev–Trinajstić information content (AvgIpc) is 2.75. The summed E-state index contributed by atoms with van der Waals surface area (Å²) in [5.41, 5.74) is 1.08. The van der Waals surface area contributed by atoms with Crippen molar-refractivity contribution in [1.82, 2.24) is 0 Å². The van der Waals surface area contributed by atoms with Crippen LogP contribution in [0.2, 0.25) is 0 Å². The molecule has 0 unspecified atom stereocenters. The van der Waals surface area contributed by atoms with Crippen LogP contribution in [0.3, 0.4) is 0 Å². The van der Waals surface area contributed by atoms with Crippen LogP contribution in [0.25, 0.3) is 0 Å². The highest BCUT2D eigenvalue weighted by atomic mass is 16.5. The molecule has 2 atom stereocenters. The smallest absolute Gasteiger partial charge is 0.0934 e. The molecule has 1 aromatic carbocycles. The minimum Gasteiger partial charge on any atom is -0.394 e. The van der Waals surface area contributed by atoms with Crippen LogP contribution in [0.15, 0.2) is 30.3 Å². The molecule has 1 N–H and O–H groups in total. The lowest BCUT2D eigenvalue weighted by Gasteiger charge is -2.28. The van der Waals surface area contributed by atoms with Crippen LogP contribution in [-0.2, 0) is 10.3 Å².